The summed E-state index contributed by atoms with van der Waals surface area (Å²) >= 11 is 5.34. The first-order valence-electron chi connectivity index (χ1n) is 3.79. The Morgan fingerprint density at radius 1 is 1.40 bits per heavy atom. The normalized spacial score (nSPS) is 11.5. The molecule has 0 saturated carbocycles. The lowest BCUT2D eigenvalue weighted by Crippen LogP contribution is -2.13. The molecule has 1 heterocycles. The molecule has 0 saturated heterocycles. The summed E-state index contributed by atoms with van der Waals surface area (Å²) < 4.78 is 41.2. The number of ether oxygens (including phenoxy) is 1. The number of hydrogen-bond acceptors (Lipinski definition) is 4. The SMILES string of the molecule is OCCOc1cc(Cl)nc(C(F)(F)F)n1. The lowest BCUT2D eigenvalue weighted by atomic mass is 10.5. The summed E-state index contributed by atoms with van der Waals surface area (Å²) in [5.74, 6) is -1.70. The van der Waals surface area contributed by atoms with E-state index >= 15 is 0 Å². The number of alkyl halides is 3. The smallest absolute Gasteiger partial charge is 0.451 e. The van der Waals surface area contributed by atoms with Gasteiger partial charge in [-0.2, -0.15) is 18.2 Å². The van der Waals surface area contributed by atoms with E-state index in [1.54, 1.807) is 0 Å². The van der Waals surface area contributed by atoms with Gasteiger partial charge in [-0.1, -0.05) is 11.6 Å². The molecule has 0 bridgehead atoms. The Kier molecular flexibility index (Phi) is 3.70. The average Bonchev–Trinajstić information content (AvgIpc) is 2.12. The summed E-state index contributed by atoms with van der Waals surface area (Å²) in [6.45, 7) is -0.492. The monoisotopic (exact) mass is 242 g/mol. The van der Waals surface area contributed by atoms with E-state index in [2.05, 4.69) is 14.7 Å². The summed E-state index contributed by atoms with van der Waals surface area (Å²) in [5.41, 5.74) is 0. The summed E-state index contributed by atoms with van der Waals surface area (Å²) in [6.07, 6.45) is -4.68. The van der Waals surface area contributed by atoms with E-state index in [0.717, 1.165) is 6.07 Å². The third kappa shape index (κ3) is 3.52. The molecule has 1 aromatic heterocycles. The molecule has 8 heteroatoms. The first kappa shape index (κ1) is 12.0. The number of nitrogens with zero attached hydrogens (tertiary/aromatic N) is 2. The van der Waals surface area contributed by atoms with Gasteiger partial charge in [-0.15, -0.1) is 0 Å². The molecule has 15 heavy (non-hydrogen) atoms. The van der Waals surface area contributed by atoms with Gasteiger partial charge in [0, 0.05) is 6.07 Å². The molecule has 0 amide bonds. The minimum atomic E-state index is -4.68. The minimum Gasteiger partial charge on any atom is -0.475 e. The molecule has 0 fully saturated rings. The van der Waals surface area contributed by atoms with Gasteiger partial charge in [0.05, 0.1) is 6.61 Å². The van der Waals surface area contributed by atoms with Crippen molar-refractivity contribution in [1.29, 1.82) is 0 Å². The van der Waals surface area contributed by atoms with Gasteiger partial charge >= 0.3 is 6.18 Å². The van der Waals surface area contributed by atoms with Gasteiger partial charge in [0.15, 0.2) is 0 Å². The van der Waals surface area contributed by atoms with Crippen molar-refractivity contribution in [2.75, 3.05) is 13.2 Å². The Balaban J connectivity index is 2.95. The zero-order valence-corrected chi connectivity index (χ0v) is 8.01. The van der Waals surface area contributed by atoms with Crippen LogP contribution in [0.4, 0.5) is 13.2 Å². The Morgan fingerprint density at radius 2 is 2.07 bits per heavy atom. The fourth-order valence-electron chi connectivity index (χ4n) is 0.748. The quantitative estimate of drug-likeness (QED) is 0.817. The maximum atomic E-state index is 12.2. The molecule has 1 rings (SSSR count). The van der Waals surface area contributed by atoms with Crippen LogP contribution in [0.15, 0.2) is 6.07 Å². The van der Waals surface area contributed by atoms with Crippen LogP contribution in [-0.4, -0.2) is 28.3 Å². The zero-order chi connectivity index (χ0) is 11.5. The van der Waals surface area contributed by atoms with Crippen molar-refractivity contribution in [3.63, 3.8) is 0 Å². The molecule has 0 aliphatic rings. The van der Waals surface area contributed by atoms with Gasteiger partial charge < -0.3 is 9.84 Å². The van der Waals surface area contributed by atoms with E-state index in [1.165, 1.54) is 0 Å². The van der Waals surface area contributed by atoms with Crippen molar-refractivity contribution in [2.24, 2.45) is 0 Å². The third-order valence-corrected chi connectivity index (χ3v) is 1.46. The topological polar surface area (TPSA) is 55.2 Å². The Hall–Kier alpha value is -1.08. The highest BCUT2D eigenvalue weighted by atomic mass is 35.5. The Morgan fingerprint density at radius 3 is 2.60 bits per heavy atom. The first-order valence-corrected chi connectivity index (χ1v) is 4.16. The van der Waals surface area contributed by atoms with Crippen molar-refractivity contribution in [2.45, 2.75) is 6.18 Å². The Bertz CT molecular complexity index is 345. The van der Waals surface area contributed by atoms with Gasteiger partial charge in [0.1, 0.15) is 11.8 Å². The minimum absolute atomic E-state index is 0.162. The molecule has 1 N–H and O–H groups in total. The fourth-order valence-corrected chi connectivity index (χ4v) is 0.921. The molecular weight excluding hydrogens is 237 g/mol. The van der Waals surface area contributed by atoms with Gasteiger partial charge in [0.2, 0.25) is 11.7 Å². The third-order valence-electron chi connectivity index (χ3n) is 1.27. The summed E-state index contributed by atoms with van der Waals surface area (Å²) in [5, 5.41) is 8.03. The maximum Gasteiger partial charge on any atom is 0.451 e. The highest BCUT2D eigenvalue weighted by Crippen LogP contribution is 2.28. The van der Waals surface area contributed by atoms with Crippen LogP contribution in [0.25, 0.3) is 0 Å². The predicted molar refractivity (Wildman–Crippen MR) is 44.6 cm³/mol. The average molecular weight is 243 g/mol. The van der Waals surface area contributed by atoms with Gasteiger partial charge in [-0.05, 0) is 0 Å². The van der Waals surface area contributed by atoms with E-state index in [4.69, 9.17) is 16.7 Å². The van der Waals surface area contributed by atoms with E-state index in [-0.39, 0.29) is 24.2 Å². The molecular formula is C7H6ClF3N2O2. The molecule has 0 atom stereocenters. The number of halogens is 4. The molecule has 0 unspecified atom stereocenters. The Labute approximate surface area is 87.7 Å². The molecule has 0 aromatic carbocycles. The predicted octanol–water partition coefficient (Wildman–Crippen LogP) is 1.52. The maximum absolute atomic E-state index is 12.2. The van der Waals surface area contributed by atoms with Crippen LogP contribution in [-0.2, 0) is 6.18 Å². The number of aliphatic hydroxyl groups excluding tert-OH is 1. The number of aromatic nitrogens is 2. The van der Waals surface area contributed by atoms with E-state index < -0.39 is 12.0 Å². The second-order valence-corrected chi connectivity index (χ2v) is 2.81. The van der Waals surface area contributed by atoms with Crippen LogP contribution < -0.4 is 4.74 Å². The summed E-state index contributed by atoms with van der Waals surface area (Å²) in [4.78, 5) is 6.09. The molecule has 84 valence electrons. The van der Waals surface area contributed by atoms with Crippen LogP contribution in [0.5, 0.6) is 5.88 Å². The van der Waals surface area contributed by atoms with Crippen molar-refractivity contribution in [3.05, 3.63) is 17.0 Å². The lowest BCUT2D eigenvalue weighted by Gasteiger charge is -2.08. The second kappa shape index (κ2) is 4.63. The standard InChI is InChI=1S/C7H6ClF3N2O2/c8-4-3-5(15-2-1-14)13-6(12-4)7(9,10)11/h3,14H,1-2H2. The number of aliphatic hydroxyl groups is 1. The highest BCUT2D eigenvalue weighted by molar-refractivity contribution is 6.29. The van der Waals surface area contributed by atoms with E-state index in [1.807, 2.05) is 0 Å². The summed E-state index contributed by atoms with van der Waals surface area (Å²) in [7, 11) is 0. The van der Waals surface area contributed by atoms with Gasteiger partial charge in [-0.25, -0.2) is 4.98 Å². The van der Waals surface area contributed by atoms with Crippen LogP contribution in [0.3, 0.4) is 0 Å². The zero-order valence-electron chi connectivity index (χ0n) is 7.25. The molecule has 0 aliphatic carbocycles. The van der Waals surface area contributed by atoms with E-state index in [9.17, 15) is 13.2 Å². The number of hydrogen-bond donors (Lipinski definition) is 1. The van der Waals surface area contributed by atoms with Crippen LogP contribution >= 0.6 is 11.6 Å². The van der Waals surface area contributed by atoms with Crippen molar-refractivity contribution >= 4 is 11.6 Å². The lowest BCUT2D eigenvalue weighted by molar-refractivity contribution is -0.145. The second-order valence-electron chi connectivity index (χ2n) is 2.42. The van der Waals surface area contributed by atoms with Gasteiger partial charge in [-0.3, -0.25) is 0 Å². The van der Waals surface area contributed by atoms with Crippen molar-refractivity contribution in [1.82, 2.24) is 9.97 Å². The van der Waals surface area contributed by atoms with E-state index in [0.29, 0.717) is 0 Å². The summed E-state index contributed by atoms with van der Waals surface area (Å²) in [6, 6.07) is 1.03. The molecule has 0 radical (unpaired) electrons. The largest absolute Gasteiger partial charge is 0.475 e. The van der Waals surface area contributed by atoms with Crippen molar-refractivity contribution < 1.29 is 23.0 Å². The van der Waals surface area contributed by atoms with Crippen LogP contribution in [0, 0.1) is 0 Å². The van der Waals surface area contributed by atoms with Crippen LogP contribution in [0.1, 0.15) is 5.82 Å². The number of rotatable bonds is 3. The molecule has 0 spiro atoms. The van der Waals surface area contributed by atoms with Gasteiger partial charge in [0.25, 0.3) is 0 Å². The molecule has 4 nitrogen and oxygen atoms in total. The van der Waals surface area contributed by atoms with Crippen molar-refractivity contribution in [3.8, 4) is 5.88 Å². The fraction of sp³-hybridized carbons (Fsp3) is 0.429. The molecule has 1 aromatic rings. The molecule has 0 aliphatic heterocycles. The van der Waals surface area contributed by atoms with Crippen LogP contribution in [0.2, 0.25) is 5.15 Å². The first-order chi connectivity index (χ1) is 6.93. The highest BCUT2D eigenvalue weighted by Gasteiger charge is 2.35.